The Hall–Kier alpha value is -1.03. The van der Waals surface area contributed by atoms with Gasteiger partial charge in [0.2, 0.25) is 0 Å². The minimum Gasteiger partial charge on any atom is -0.398 e. The second kappa shape index (κ2) is 3.98. The number of hydrogen-bond donors (Lipinski definition) is 1. The third-order valence-corrected chi connectivity index (χ3v) is 7.13. The Kier molecular flexibility index (Phi) is 2.66. The van der Waals surface area contributed by atoms with Crippen molar-refractivity contribution in [2.45, 2.75) is 42.8 Å². The molecule has 4 heteroatoms. The van der Waals surface area contributed by atoms with Gasteiger partial charge in [0, 0.05) is 5.69 Å². The highest BCUT2D eigenvalue weighted by Crippen LogP contribution is 2.49. The van der Waals surface area contributed by atoms with Crippen molar-refractivity contribution in [3.8, 4) is 0 Å². The largest absolute Gasteiger partial charge is 0.398 e. The van der Waals surface area contributed by atoms with Crippen molar-refractivity contribution in [1.29, 1.82) is 0 Å². The van der Waals surface area contributed by atoms with Gasteiger partial charge in [0.15, 0.2) is 9.84 Å². The third-order valence-electron chi connectivity index (χ3n) is 4.70. The zero-order valence-electron chi connectivity index (χ0n) is 10.6. The third kappa shape index (κ3) is 1.66. The molecule has 18 heavy (non-hydrogen) atoms. The van der Waals surface area contributed by atoms with E-state index in [1.54, 1.807) is 25.1 Å². The molecule has 3 atom stereocenters. The van der Waals surface area contributed by atoms with Crippen molar-refractivity contribution in [2.75, 3.05) is 5.73 Å². The summed E-state index contributed by atoms with van der Waals surface area (Å²) in [6, 6.07) is 5.20. The first-order valence-electron chi connectivity index (χ1n) is 6.59. The maximum absolute atomic E-state index is 12.7. The topological polar surface area (TPSA) is 60.2 Å². The molecule has 2 fully saturated rings. The Morgan fingerprint density at radius 3 is 2.61 bits per heavy atom. The molecule has 3 nitrogen and oxygen atoms in total. The highest BCUT2D eigenvalue weighted by atomic mass is 32.2. The normalized spacial score (nSPS) is 30.8. The summed E-state index contributed by atoms with van der Waals surface area (Å²) in [7, 11) is -3.20. The predicted octanol–water partition coefficient (Wildman–Crippen LogP) is 2.54. The first-order chi connectivity index (χ1) is 8.50. The van der Waals surface area contributed by atoms with Crippen molar-refractivity contribution in [2.24, 2.45) is 11.8 Å². The maximum Gasteiger partial charge on any atom is 0.181 e. The van der Waals surface area contributed by atoms with Crippen LogP contribution in [0.15, 0.2) is 23.1 Å². The van der Waals surface area contributed by atoms with Crippen LogP contribution >= 0.6 is 0 Å². The summed E-state index contributed by atoms with van der Waals surface area (Å²) in [5.41, 5.74) is 7.10. The van der Waals surface area contributed by atoms with Gasteiger partial charge in [-0.05, 0) is 55.7 Å². The molecule has 1 aromatic rings. The van der Waals surface area contributed by atoms with Crippen LogP contribution < -0.4 is 5.73 Å². The Bertz CT molecular complexity index is 579. The highest BCUT2D eigenvalue weighted by molar-refractivity contribution is 7.92. The summed E-state index contributed by atoms with van der Waals surface area (Å²) in [6.45, 7) is 1.80. The summed E-state index contributed by atoms with van der Waals surface area (Å²) in [4.78, 5) is 0.444. The minimum atomic E-state index is -3.20. The molecule has 2 aliphatic carbocycles. The number of anilines is 1. The van der Waals surface area contributed by atoms with Gasteiger partial charge in [-0.3, -0.25) is 0 Å². The molecule has 2 bridgehead atoms. The van der Waals surface area contributed by atoms with Crippen molar-refractivity contribution in [3.05, 3.63) is 23.8 Å². The van der Waals surface area contributed by atoms with E-state index >= 15 is 0 Å². The first-order valence-corrected chi connectivity index (χ1v) is 8.13. The Labute approximate surface area is 108 Å². The molecule has 3 rings (SSSR count). The standard InChI is InChI=1S/C14H19NO2S/c1-9-12(15)3-2-4-13(9)18(16,17)14-8-10-5-6-11(14)7-10/h2-4,10-11,14H,5-8,15H2,1H3. The summed E-state index contributed by atoms with van der Waals surface area (Å²) in [5, 5.41) is -0.170. The molecule has 2 N–H and O–H groups in total. The van der Waals surface area contributed by atoms with E-state index < -0.39 is 9.84 Å². The molecule has 3 unspecified atom stereocenters. The average Bonchev–Trinajstić information content (AvgIpc) is 2.94. The smallest absolute Gasteiger partial charge is 0.181 e. The van der Waals surface area contributed by atoms with Gasteiger partial charge in [-0.1, -0.05) is 12.5 Å². The lowest BCUT2D eigenvalue weighted by atomic mass is 10.0. The van der Waals surface area contributed by atoms with Crippen LogP contribution in [0.2, 0.25) is 0 Å². The van der Waals surface area contributed by atoms with Gasteiger partial charge in [-0.2, -0.15) is 0 Å². The van der Waals surface area contributed by atoms with Crippen LogP contribution in [0.1, 0.15) is 31.2 Å². The van der Waals surface area contributed by atoms with E-state index in [9.17, 15) is 8.42 Å². The number of nitrogen functional groups attached to an aromatic ring is 1. The van der Waals surface area contributed by atoms with E-state index in [0.717, 1.165) is 19.3 Å². The van der Waals surface area contributed by atoms with Crippen LogP contribution in [0.3, 0.4) is 0 Å². The zero-order valence-corrected chi connectivity index (χ0v) is 11.4. The molecule has 2 saturated carbocycles. The van der Waals surface area contributed by atoms with E-state index in [1.165, 1.54) is 6.42 Å². The molecule has 0 spiro atoms. The molecule has 1 aromatic carbocycles. The maximum atomic E-state index is 12.7. The van der Waals surface area contributed by atoms with Gasteiger partial charge in [-0.25, -0.2) is 8.42 Å². The Morgan fingerprint density at radius 1 is 1.22 bits per heavy atom. The average molecular weight is 265 g/mol. The van der Waals surface area contributed by atoms with E-state index in [0.29, 0.717) is 28.0 Å². The number of sulfone groups is 1. The second-order valence-corrected chi connectivity index (χ2v) is 7.86. The van der Waals surface area contributed by atoms with E-state index in [1.807, 2.05) is 0 Å². The molecule has 0 aliphatic heterocycles. The monoisotopic (exact) mass is 265 g/mol. The van der Waals surface area contributed by atoms with Gasteiger partial charge in [0.05, 0.1) is 10.1 Å². The van der Waals surface area contributed by atoms with Crippen molar-refractivity contribution in [3.63, 3.8) is 0 Å². The van der Waals surface area contributed by atoms with Crippen molar-refractivity contribution < 1.29 is 8.42 Å². The van der Waals surface area contributed by atoms with Crippen LogP contribution in [0.25, 0.3) is 0 Å². The lowest BCUT2D eigenvalue weighted by Crippen LogP contribution is -2.28. The number of nitrogens with two attached hydrogens (primary N) is 1. The lowest BCUT2D eigenvalue weighted by molar-refractivity contribution is 0.464. The molecule has 98 valence electrons. The molecule has 0 amide bonds. The molecule has 0 aromatic heterocycles. The van der Waals surface area contributed by atoms with Crippen molar-refractivity contribution in [1.82, 2.24) is 0 Å². The number of benzene rings is 1. The van der Waals surface area contributed by atoms with Gasteiger partial charge in [-0.15, -0.1) is 0 Å². The Morgan fingerprint density at radius 2 is 2.00 bits per heavy atom. The number of fused-ring (bicyclic) bond motifs is 2. The van der Waals surface area contributed by atoms with E-state index in [4.69, 9.17) is 5.73 Å². The van der Waals surface area contributed by atoms with E-state index in [2.05, 4.69) is 0 Å². The van der Waals surface area contributed by atoms with Gasteiger partial charge >= 0.3 is 0 Å². The number of rotatable bonds is 2. The molecule has 0 heterocycles. The first kappa shape index (κ1) is 12.0. The molecular formula is C14H19NO2S. The summed E-state index contributed by atoms with van der Waals surface area (Å²) < 4.78 is 25.5. The quantitative estimate of drug-likeness (QED) is 0.836. The van der Waals surface area contributed by atoms with Crippen LogP contribution in [0.4, 0.5) is 5.69 Å². The fraction of sp³-hybridized carbons (Fsp3) is 0.571. The van der Waals surface area contributed by atoms with Gasteiger partial charge < -0.3 is 5.73 Å². The van der Waals surface area contributed by atoms with Gasteiger partial charge in [0.1, 0.15) is 0 Å². The zero-order chi connectivity index (χ0) is 12.9. The van der Waals surface area contributed by atoms with Crippen LogP contribution in [-0.2, 0) is 9.84 Å². The van der Waals surface area contributed by atoms with Crippen LogP contribution in [-0.4, -0.2) is 13.7 Å². The summed E-state index contributed by atoms with van der Waals surface area (Å²) >= 11 is 0. The van der Waals surface area contributed by atoms with Gasteiger partial charge in [0.25, 0.3) is 0 Å². The predicted molar refractivity (Wildman–Crippen MR) is 72.0 cm³/mol. The minimum absolute atomic E-state index is 0.170. The number of hydrogen-bond acceptors (Lipinski definition) is 3. The highest BCUT2D eigenvalue weighted by Gasteiger charge is 2.46. The molecule has 0 saturated heterocycles. The lowest BCUT2D eigenvalue weighted by Gasteiger charge is -2.23. The Balaban J connectivity index is 2.02. The molecule has 0 radical (unpaired) electrons. The van der Waals surface area contributed by atoms with E-state index in [-0.39, 0.29) is 5.25 Å². The van der Waals surface area contributed by atoms with Crippen LogP contribution in [0.5, 0.6) is 0 Å². The second-order valence-electron chi connectivity index (χ2n) is 5.73. The van der Waals surface area contributed by atoms with Crippen LogP contribution in [0, 0.1) is 18.8 Å². The fourth-order valence-corrected chi connectivity index (χ4v) is 6.09. The molecule has 2 aliphatic rings. The summed E-state index contributed by atoms with van der Waals surface area (Å²) in [6.07, 6.45) is 4.25. The summed E-state index contributed by atoms with van der Waals surface area (Å²) in [5.74, 6) is 1.01. The fourth-order valence-electron chi connectivity index (χ4n) is 3.67. The van der Waals surface area contributed by atoms with Crippen molar-refractivity contribution >= 4 is 15.5 Å². The molecular weight excluding hydrogens is 246 g/mol. The SMILES string of the molecule is Cc1c(N)cccc1S(=O)(=O)C1CC2CCC1C2.